The number of esters is 1. The summed E-state index contributed by atoms with van der Waals surface area (Å²) < 4.78 is 50.9. The molecule has 2 fully saturated rings. The molecule has 0 aromatic heterocycles. The SMILES string of the molecule is C=CCN1CC[C@]23c4c5c(O)cc(OC(C)=O)c4O[C@H]2[C@H](N(C)C(=O)C#Cc2ccc(C(F)(F)F)cc2)CC[C@H]3[C@H]1C5. The van der Waals surface area contributed by atoms with Crippen molar-refractivity contribution in [2.45, 2.75) is 62.4 Å². The molecule has 2 aliphatic carbocycles. The number of piperidine rings is 1. The van der Waals surface area contributed by atoms with Crippen LogP contribution in [0.15, 0.2) is 43.0 Å². The van der Waals surface area contributed by atoms with Crippen LogP contribution in [0, 0.1) is 17.8 Å². The third-order valence-corrected chi connectivity index (χ3v) is 9.45. The van der Waals surface area contributed by atoms with Crippen LogP contribution in [0.25, 0.3) is 0 Å². The third kappa shape index (κ3) is 4.33. The van der Waals surface area contributed by atoms with Crippen LogP contribution in [0.3, 0.4) is 0 Å². The molecule has 10 heteroatoms. The molecular formula is C32H31F3N2O5. The maximum atomic E-state index is 13.3. The van der Waals surface area contributed by atoms with Crippen molar-refractivity contribution in [1.82, 2.24) is 9.80 Å². The fraction of sp³-hybridized carbons (Fsp3) is 0.438. The molecule has 220 valence electrons. The smallest absolute Gasteiger partial charge is 0.416 e. The van der Waals surface area contributed by atoms with E-state index in [4.69, 9.17) is 9.47 Å². The first-order chi connectivity index (χ1) is 20.0. The van der Waals surface area contributed by atoms with E-state index in [2.05, 4.69) is 23.3 Å². The molecule has 42 heavy (non-hydrogen) atoms. The van der Waals surface area contributed by atoms with E-state index in [9.17, 15) is 27.9 Å². The summed E-state index contributed by atoms with van der Waals surface area (Å²) in [4.78, 5) is 29.2. The first kappa shape index (κ1) is 28.2. The fourth-order valence-corrected chi connectivity index (χ4v) is 7.78. The summed E-state index contributed by atoms with van der Waals surface area (Å²) in [5.74, 6) is 5.14. The number of hydrogen-bond acceptors (Lipinski definition) is 6. The number of phenols is 1. The number of nitrogens with zero attached hydrogens (tertiary/aromatic N) is 2. The zero-order valence-electron chi connectivity index (χ0n) is 23.3. The predicted octanol–water partition coefficient (Wildman–Crippen LogP) is 4.44. The minimum atomic E-state index is -4.45. The molecule has 1 saturated heterocycles. The molecule has 1 amide bonds. The van der Waals surface area contributed by atoms with E-state index in [1.54, 1.807) is 11.9 Å². The summed E-state index contributed by atoms with van der Waals surface area (Å²) in [7, 11) is 1.66. The number of halogens is 3. The zero-order chi connectivity index (χ0) is 30.0. The van der Waals surface area contributed by atoms with Gasteiger partial charge in [0.05, 0.1) is 11.6 Å². The average molecular weight is 581 g/mol. The normalized spacial score (nSPS) is 27.2. The Labute approximate surface area is 241 Å². The number of carbonyl (C=O) groups excluding carboxylic acids is 2. The van der Waals surface area contributed by atoms with E-state index < -0.39 is 35.1 Å². The summed E-state index contributed by atoms with van der Waals surface area (Å²) in [5.41, 5.74) is 0.679. The monoisotopic (exact) mass is 580 g/mol. The van der Waals surface area contributed by atoms with E-state index >= 15 is 0 Å². The summed E-state index contributed by atoms with van der Waals surface area (Å²) in [6.07, 6.45) is -0.211. The minimum Gasteiger partial charge on any atom is -0.508 e. The van der Waals surface area contributed by atoms with Gasteiger partial charge in [-0.15, -0.1) is 6.58 Å². The number of amides is 1. The van der Waals surface area contributed by atoms with Crippen LogP contribution in [0.1, 0.15) is 48.4 Å². The van der Waals surface area contributed by atoms with Gasteiger partial charge in [0.15, 0.2) is 11.5 Å². The highest BCUT2D eigenvalue weighted by Crippen LogP contribution is 2.65. The molecule has 0 radical (unpaired) electrons. The van der Waals surface area contributed by atoms with Gasteiger partial charge < -0.3 is 19.5 Å². The van der Waals surface area contributed by atoms with Crippen LogP contribution in [0.2, 0.25) is 0 Å². The lowest BCUT2D eigenvalue weighted by molar-refractivity contribution is -0.137. The number of ether oxygens (including phenoxy) is 2. The Balaban J connectivity index is 1.35. The minimum absolute atomic E-state index is 0.0616. The van der Waals surface area contributed by atoms with Crippen molar-refractivity contribution in [3.63, 3.8) is 0 Å². The molecule has 6 rings (SSSR count). The van der Waals surface area contributed by atoms with Gasteiger partial charge in [0.2, 0.25) is 0 Å². The highest BCUT2D eigenvalue weighted by atomic mass is 19.4. The second-order valence-corrected chi connectivity index (χ2v) is 11.5. The number of rotatable bonds is 4. The molecule has 2 bridgehead atoms. The number of aromatic hydroxyl groups is 1. The summed E-state index contributed by atoms with van der Waals surface area (Å²) in [6, 6.07) is 5.59. The number of alkyl halides is 3. The summed E-state index contributed by atoms with van der Waals surface area (Å²) >= 11 is 0. The van der Waals surface area contributed by atoms with Crippen LogP contribution in [0.5, 0.6) is 17.2 Å². The van der Waals surface area contributed by atoms with Crippen molar-refractivity contribution in [3.05, 3.63) is 65.2 Å². The average Bonchev–Trinajstić information content (AvgIpc) is 3.28. The maximum Gasteiger partial charge on any atom is 0.416 e. The summed E-state index contributed by atoms with van der Waals surface area (Å²) in [5, 5.41) is 11.1. The second kappa shape index (κ2) is 10.1. The van der Waals surface area contributed by atoms with Crippen molar-refractivity contribution in [2.24, 2.45) is 5.92 Å². The zero-order valence-corrected chi connectivity index (χ0v) is 23.3. The molecular weight excluding hydrogens is 549 g/mol. The Hall–Kier alpha value is -3.97. The molecule has 2 heterocycles. The van der Waals surface area contributed by atoms with Gasteiger partial charge in [-0.2, -0.15) is 13.2 Å². The largest absolute Gasteiger partial charge is 0.508 e. The van der Waals surface area contributed by atoms with Gasteiger partial charge in [0.25, 0.3) is 5.91 Å². The maximum absolute atomic E-state index is 13.3. The number of likely N-dealkylation sites (N-methyl/N-ethyl adjacent to an activating group) is 1. The molecule has 2 aliphatic heterocycles. The van der Waals surface area contributed by atoms with Crippen molar-refractivity contribution >= 4 is 11.9 Å². The Bertz CT molecular complexity index is 1530. The second-order valence-electron chi connectivity index (χ2n) is 11.5. The van der Waals surface area contributed by atoms with Gasteiger partial charge in [-0.25, -0.2) is 0 Å². The fourth-order valence-electron chi connectivity index (χ4n) is 7.78. The van der Waals surface area contributed by atoms with Gasteiger partial charge in [-0.05, 0) is 62.4 Å². The first-order valence-electron chi connectivity index (χ1n) is 14.0. The number of phenolic OH excluding ortho intramolecular Hbond substituents is 1. The third-order valence-electron chi connectivity index (χ3n) is 9.45. The Morgan fingerprint density at radius 2 is 2.02 bits per heavy atom. The lowest BCUT2D eigenvalue weighted by Crippen LogP contribution is -2.68. The van der Waals surface area contributed by atoms with Crippen LogP contribution < -0.4 is 9.47 Å². The van der Waals surface area contributed by atoms with Crippen molar-refractivity contribution in [1.29, 1.82) is 0 Å². The molecule has 5 atom stereocenters. The topological polar surface area (TPSA) is 79.3 Å². The van der Waals surface area contributed by atoms with E-state index in [-0.39, 0.29) is 29.5 Å². The van der Waals surface area contributed by atoms with Crippen molar-refractivity contribution in [3.8, 4) is 29.1 Å². The molecule has 1 N–H and O–H groups in total. The van der Waals surface area contributed by atoms with Crippen LogP contribution in [-0.4, -0.2) is 65.1 Å². The van der Waals surface area contributed by atoms with Gasteiger partial charge in [-0.1, -0.05) is 12.0 Å². The van der Waals surface area contributed by atoms with Crippen molar-refractivity contribution in [2.75, 3.05) is 20.1 Å². The first-order valence-corrected chi connectivity index (χ1v) is 14.0. The standard InChI is InChI=1S/C32H31F3N2O5/c1-4-14-37-15-13-31-22-10-11-23(36(3)27(40)12-7-19-5-8-20(9-6-19)32(33,34)35)30(31)42-29-26(41-18(2)38)17-25(39)21(28(29)31)16-24(22)37/h4-6,8-9,17,22-24,30,39H,1,10-11,13-16H2,2-3H3/t22-,23+,24+,30-,31-/m0/s1. The lowest BCUT2D eigenvalue weighted by Gasteiger charge is -2.60. The predicted molar refractivity (Wildman–Crippen MR) is 147 cm³/mol. The molecule has 7 nitrogen and oxygen atoms in total. The molecule has 4 aliphatic rings. The highest BCUT2D eigenvalue weighted by molar-refractivity contribution is 5.94. The highest BCUT2D eigenvalue weighted by Gasteiger charge is 2.67. The molecule has 2 aromatic rings. The van der Waals surface area contributed by atoms with E-state index in [0.717, 1.165) is 49.2 Å². The van der Waals surface area contributed by atoms with E-state index in [1.807, 2.05) is 6.08 Å². The van der Waals surface area contributed by atoms with E-state index in [1.165, 1.54) is 25.1 Å². The number of likely N-dealkylation sites (tertiary alicyclic amines) is 1. The van der Waals surface area contributed by atoms with Gasteiger partial charge in [0, 0.05) is 60.7 Å². The molecule has 1 saturated carbocycles. The number of benzene rings is 2. The van der Waals surface area contributed by atoms with Crippen LogP contribution in [-0.2, 0) is 27.6 Å². The Morgan fingerprint density at radius 1 is 1.29 bits per heavy atom. The Morgan fingerprint density at radius 3 is 2.69 bits per heavy atom. The summed E-state index contributed by atoms with van der Waals surface area (Å²) in [6.45, 7) is 6.72. The van der Waals surface area contributed by atoms with Gasteiger partial charge >= 0.3 is 12.1 Å². The van der Waals surface area contributed by atoms with Crippen LogP contribution >= 0.6 is 0 Å². The molecule has 0 unspecified atom stereocenters. The number of hydrogen-bond donors (Lipinski definition) is 1. The van der Waals surface area contributed by atoms with Crippen LogP contribution in [0.4, 0.5) is 13.2 Å². The van der Waals surface area contributed by atoms with Gasteiger partial charge in [-0.3, -0.25) is 14.5 Å². The van der Waals surface area contributed by atoms with Gasteiger partial charge in [0.1, 0.15) is 11.9 Å². The molecule has 2 aromatic carbocycles. The Kier molecular flexibility index (Phi) is 6.76. The van der Waals surface area contributed by atoms with E-state index in [0.29, 0.717) is 24.2 Å². The lowest BCUT2D eigenvalue weighted by atomic mass is 9.51. The van der Waals surface area contributed by atoms with Crippen molar-refractivity contribution < 1.29 is 37.3 Å². The molecule has 1 spiro atoms. The number of carbonyl (C=O) groups is 2. The quantitative estimate of drug-likeness (QED) is 0.250.